The smallest absolute Gasteiger partial charge is 0.232 e. The van der Waals surface area contributed by atoms with E-state index in [2.05, 4.69) is 6.07 Å². The molecule has 0 bridgehead atoms. The molecule has 0 aliphatic carbocycles. The van der Waals surface area contributed by atoms with Crippen molar-refractivity contribution in [3.8, 4) is 6.07 Å². The molecule has 2 amide bonds. The van der Waals surface area contributed by atoms with Gasteiger partial charge in [0.05, 0.1) is 11.5 Å². The van der Waals surface area contributed by atoms with Gasteiger partial charge in [0, 0.05) is 18.4 Å². The molecule has 4 nitrogen and oxygen atoms in total. The molecule has 0 saturated carbocycles. The van der Waals surface area contributed by atoms with Crippen LogP contribution in [0.4, 0.5) is 0 Å². The number of likely N-dealkylation sites (tertiary alicyclic amines) is 1. The van der Waals surface area contributed by atoms with Gasteiger partial charge in [-0.15, -0.1) is 0 Å². The Morgan fingerprint density at radius 2 is 1.71 bits per heavy atom. The summed E-state index contributed by atoms with van der Waals surface area (Å²) in [5.41, 5.74) is -0.386. The number of hydrogen-bond donors (Lipinski definition) is 0. The van der Waals surface area contributed by atoms with Crippen LogP contribution in [0.1, 0.15) is 40.5 Å². The zero-order valence-corrected chi connectivity index (χ0v) is 11.0. The van der Waals surface area contributed by atoms with Gasteiger partial charge in [0.15, 0.2) is 0 Å². The Kier molecular flexibility index (Phi) is 3.92. The summed E-state index contributed by atoms with van der Waals surface area (Å²) in [7, 11) is 0. The van der Waals surface area contributed by atoms with Crippen LogP contribution in [0, 0.1) is 28.6 Å². The molecule has 17 heavy (non-hydrogen) atoms. The molecule has 0 spiro atoms. The van der Waals surface area contributed by atoms with Crippen LogP contribution in [0.25, 0.3) is 0 Å². The average molecular weight is 236 g/mol. The molecular formula is C13H20N2O2. The Morgan fingerprint density at radius 3 is 2.12 bits per heavy atom. The molecule has 4 heteroatoms. The lowest BCUT2D eigenvalue weighted by Gasteiger charge is -2.18. The molecule has 2 unspecified atom stereocenters. The second kappa shape index (κ2) is 4.87. The van der Waals surface area contributed by atoms with Crippen LogP contribution in [0.2, 0.25) is 0 Å². The van der Waals surface area contributed by atoms with Crippen LogP contribution in [-0.4, -0.2) is 23.3 Å². The molecule has 0 aromatic rings. The highest BCUT2D eigenvalue weighted by Crippen LogP contribution is 2.27. The second-order valence-corrected chi connectivity index (χ2v) is 5.50. The summed E-state index contributed by atoms with van der Waals surface area (Å²) in [5.74, 6) is -0.549. The first kappa shape index (κ1) is 13.7. The van der Waals surface area contributed by atoms with Gasteiger partial charge in [-0.05, 0) is 26.7 Å². The Morgan fingerprint density at radius 1 is 1.24 bits per heavy atom. The van der Waals surface area contributed by atoms with Gasteiger partial charge in [0.2, 0.25) is 11.8 Å². The number of rotatable bonds is 4. The van der Waals surface area contributed by atoms with Crippen LogP contribution in [-0.2, 0) is 9.59 Å². The number of nitriles is 1. The molecule has 0 aromatic carbocycles. The summed E-state index contributed by atoms with van der Waals surface area (Å²) in [4.78, 5) is 24.9. The first-order chi connectivity index (χ1) is 7.80. The number of carbonyl (C=O) groups is 2. The Bertz CT molecular complexity index is 348. The minimum absolute atomic E-state index is 0.0720. The maximum Gasteiger partial charge on any atom is 0.232 e. The van der Waals surface area contributed by atoms with Crippen molar-refractivity contribution in [1.82, 2.24) is 4.90 Å². The van der Waals surface area contributed by atoms with E-state index in [0.717, 1.165) is 0 Å². The Balaban J connectivity index is 2.52. The molecule has 1 fully saturated rings. The molecule has 1 heterocycles. The van der Waals surface area contributed by atoms with Crippen molar-refractivity contribution in [3.05, 3.63) is 0 Å². The fourth-order valence-electron chi connectivity index (χ4n) is 1.98. The third-order valence-corrected chi connectivity index (χ3v) is 3.55. The van der Waals surface area contributed by atoms with Crippen LogP contribution < -0.4 is 0 Å². The van der Waals surface area contributed by atoms with Crippen molar-refractivity contribution in [2.24, 2.45) is 17.3 Å². The first-order valence-corrected chi connectivity index (χ1v) is 6.06. The normalized spacial score (nSPS) is 25.2. The van der Waals surface area contributed by atoms with Crippen LogP contribution >= 0.6 is 0 Å². The molecule has 2 atom stereocenters. The highest BCUT2D eigenvalue weighted by atomic mass is 16.2. The van der Waals surface area contributed by atoms with Gasteiger partial charge in [-0.1, -0.05) is 13.8 Å². The predicted octanol–water partition coefficient (Wildman–Crippen LogP) is 1.96. The van der Waals surface area contributed by atoms with E-state index in [0.29, 0.717) is 19.4 Å². The van der Waals surface area contributed by atoms with Crippen LogP contribution in [0.15, 0.2) is 0 Å². The summed E-state index contributed by atoms with van der Waals surface area (Å²) in [5, 5.41) is 8.88. The fraction of sp³-hybridized carbons (Fsp3) is 0.769. The topological polar surface area (TPSA) is 61.2 Å². The highest BCUT2D eigenvalue weighted by molar-refractivity contribution is 6.04. The minimum atomic E-state index is -0.386. The maximum absolute atomic E-state index is 11.8. The van der Waals surface area contributed by atoms with Crippen molar-refractivity contribution in [2.45, 2.75) is 40.5 Å². The van der Waals surface area contributed by atoms with E-state index < -0.39 is 0 Å². The first-order valence-electron chi connectivity index (χ1n) is 6.06. The number of nitrogens with zero attached hydrogens (tertiary/aromatic N) is 2. The zero-order valence-electron chi connectivity index (χ0n) is 11.0. The lowest BCUT2D eigenvalue weighted by atomic mass is 9.90. The second-order valence-electron chi connectivity index (χ2n) is 5.50. The van der Waals surface area contributed by atoms with Gasteiger partial charge in [-0.2, -0.15) is 5.26 Å². The Labute approximate surface area is 103 Å². The van der Waals surface area contributed by atoms with Gasteiger partial charge in [0.1, 0.15) is 0 Å². The van der Waals surface area contributed by atoms with E-state index >= 15 is 0 Å². The third kappa shape index (κ3) is 2.85. The van der Waals surface area contributed by atoms with E-state index in [1.165, 1.54) is 4.90 Å². The zero-order chi connectivity index (χ0) is 13.2. The molecule has 1 aliphatic heterocycles. The molecule has 0 N–H and O–H groups in total. The van der Waals surface area contributed by atoms with Gasteiger partial charge in [0.25, 0.3) is 0 Å². The summed E-state index contributed by atoms with van der Waals surface area (Å²) in [6, 6.07) is 2.22. The predicted molar refractivity (Wildman–Crippen MR) is 63.7 cm³/mol. The minimum Gasteiger partial charge on any atom is -0.282 e. The van der Waals surface area contributed by atoms with Crippen molar-refractivity contribution in [2.75, 3.05) is 6.54 Å². The lowest BCUT2D eigenvalue weighted by Crippen LogP contribution is -2.32. The molecule has 94 valence electrons. The van der Waals surface area contributed by atoms with Crippen molar-refractivity contribution < 1.29 is 9.59 Å². The summed E-state index contributed by atoms with van der Waals surface area (Å²) in [6.07, 6.45) is 1.39. The average Bonchev–Trinajstić information content (AvgIpc) is 2.46. The van der Waals surface area contributed by atoms with Crippen LogP contribution in [0.3, 0.4) is 0 Å². The van der Waals surface area contributed by atoms with E-state index in [9.17, 15) is 9.59 Å². The molecule has 0 radical (unpaired) electrons. The largest absolute Gasteiger partial charge is 0.282 e. The molecule has 1 aliphatic rings. The van der Waals surface area contributed by atoms with Crippen molar-refractivity contribution in [3.63, 3.8) is 0 Å². The van der Waals surface area contributed by atoms with Gasteiger partial charge < -0.3 is 0 Å². The van der Waals surface area contributed by atoms with Gasteiger partial charge >= 0.3 is 0 Å². The van der Waals surface area contributed by atoms with Gasteiger partial charge in [-0.25, -0.2) is 0 Å². The number of amides is 2. The number of imide groups is 1. The number of carbonyl (C=O) groups excluding carboxylic acids is 2. The van der Waals surface area contributed by atoms with Crippen molar-refractivity contribution >= 4 is 11.8 Å². The van der Waals surface area contributed by atoms with E-state index in [-0.39, 0.29) is 29.1 Å². The lowest BCUT2D eigenvalue weighted by molar-refractivity contribution is -0.139. The molecule has 1 rings (SSSR count). The summed E-state index contributed by atoms with van der Waals surface area (Å²) >= 11 is 0. The molecule has 1 saturated heterocycles. The molecular weight excluding hydrogens is 216 g/mol. The monoisotopic (exact) mass is 236 g/mol. The molecule has 0 aromatic heterocycles. The van der Waals surface area contributed by atoms with Crippen molar-refractivity contribution in [1.29, 1.82) is 5.26 Å². The van der Waals surface area contributed by atoms with E-state index in [1.807, 2.05) is 13.8 Å². The Hall–Kier alpha value is -1.37. The summed E-state index contributed by atoms with van der Waals surface area (Å²) < 4.78 is 0. The highest BCUT2D eigenvalue weighted by Gasteiger charge is 2.41. The van der Waals surface area contributed by atoms with E-state index in [4.69, 9.17) is 5.26 Å². The quantitative estimate of drug-likeness (QED) is 0.701. The SMILES string of the molecule is CC1C(=O)N(CCCC(C)(C)C#N)C(=O)C1C. The van der Waals surface area contributed by atoms with Gasteiger partial charge in [-0.3, -0.25) is 14.5 Å². The summed E-state index contributed by atoms with van der Waals surface area (Å²) in [6.45, 7) is 7.77. The van der Waals surface area contributed by atoms with E-state index in [1.54, 1.807) is 13.8 Å². The number of hydrogen-bond acceptors (Lipinski definition) is 3. The third-order valence-electron chi connectivity index (χ3n) is 3.55. The maximum atomic E-state index is 11.8. The standard InChI is InChI=1S/C13H20N2O2/c1-9-10(2)12(17)15(11(9)16)7-5-6-13(3,4)8-14/h9-10H,5-7H2,1-4H3. The fourth-order valence-corrected chi connectivity index (χ4v) is 1.98. The van der Waals surface area contributed by atoms with Crippen LogP contribution in [0.5, 0.6) is 0 Å².